The van der Waals surface area contributed by atoms with E-state index in [1.165, 1.54) is 12.1 Å². The van der Waals surface area contributed by atoms with Gasteiger partial charge in [-0.05, 0) is 31.5 Å². The van der Waals surface area contributed by atoms with E-state index >= 15 is 0 Å². The SMILES string of the molecule is CC(C)OCc1ccc(C(=O)NC(CC(F)(F)F)C(=O)O)cc1. The van der Waals surface area contributed by atoms with E-state index in [9.17, 15) is 22.8 Å². The van der Waals surface area contributed by atoms with E-state index < -0.39 is 30.5 Å². The van der Waals surface area contributed by atoms with Gasteiger partial charge in [0.15, 0.2) is 0 Å². The molecule has 1 unspecified atom stereocenters. The Bertz CT molecular complexity index is 541. The highest BCUT2D eigenvalue weighted by atomic mass is 19.4. The van der Waals surface area contributed by atoms with E-state index in [1.54, 1.807) is 12.1 Å². The van der Waals surface area contributed by atoms with Crippen LogP contribution >= 0.6 is 0 Å². The molecule has 0 fully saturated rings. The number of ether oxygens (including phenoxy) is 1. The van der Waals surface area contributed by atoms with E-state index in [4.69, 9.17) is 9.84 Å². The normalized spacial score (nSPS) is 13.0. The summed E-state index contributed by atoms with van der Waals surface area (Å²) in [5.74, 6) is -2.62. The second-order valence-electron chi connectivity index (χ2n) is 5.24. The molecule has 1 rings (SSSR count). The van der Waals surface area contributed by atoms with Gasteiger partial charge in [-0.25, -0.2) is 4.79 Å². The molecule has 0 bridgehead atoms. The van der Waals surface area contributed by atoms with Crippen LogP contribution in [-0.2, 0) is 16.1 Å². The van der Waals surface area contributed by atoms with Gasteiger partial charge in [0.2, 0.25) is 0 Å². The summed E-state index contributed by atoms with van der Waals surface area (Å²) in [6.45, 7) is 4.08. The summed E-state index contributed by atoms with van der Waals surface area (Å²) in [5.41, 5.74) is 0.868. The lowest BCUT2D eigenvalue weighted by atomic mass is 10.1. The van der Waals surface area contributed by atoms with Crippen LogP contribution in [0.5, 0.6) is 0 Å². The van der Waals surface area contributed by atoms with E-state index in [-0.39, 0.29) is 11.7 Å². The number of amides is 1. The van der Waals surface area contributed by atoms with Gasteiger partial charge in [0.1, 0.15) is 6.04 Å². The minimum atomic E-state index is -4.69. The summed E-state index contributed by atoms with van der Waals surface area (Å²) in [6.07, 6.45) is -6.28. The number of nitrogens with one attached hydrogen (secondary N) is 1. The number of rotatable bonds is 7. The number of benzene rings is 1. The maximum absolute atomic E-state index is 12.3. The van der Waals surface area contributed by atoms with Crippen molar-refractivity contribution >= 4 is 11.9 Å². The summed E-state index contributed by atoms with van der Waals surface area (Å²) >= 11 is 0. The molecule has 2 N–H and O–H groups in total. The second-order valence-corrected chi connectivity index (χ2v) is 5.24. The van der Waals surface area contributed by atoms with Crippen molar-refractivity contribution in [2.75, 3.05) is 0 Å². The number of carbonyl (C=O) groups is 2. The van der Waals surface area contributed by atoms with Crippen LogP contribution in [0.1, 0.15) is 36.2 Å². The average Bonchev–Trinajstić information content (AvgIpc) is 2.43. The number of carbonyl (C=O) groups excluding carboxylic acids is 1. The van der Waals surface area contributed by atoms with Crippen molar-refractivity contribution in [3.63, 3.8) is 0 Å². The fourth-order valence-corrected chi connectivity index (χ4v) is 1.69. The van der Waals surface area contributed by atoms with Crippen LogP contribution in [0.3, 0.4) is 0 Å². The Morgan fingerprint density at radius 1 is 1.22 bits per heavy atom. The van der Waals surface area contributed by atoms with E-state index in [0.29, 0.717) is 6.61 Å². The summed E-state index contributed by atoms with van der Waals surface area (Å²) in [4.78, 5) is 22.7. The third-order valence-electron chi connectivity index (χ3n) is 2.84. The molecule has 0 aliphatic heterocycles. The Balaban J connectivity index is 2.70. The van der Waals surface area contributed by atoms with Crippen LogP contribution in [0.4, 0.5) is 13.2 Å². The number of carboxylic acids is 1. The highest BCUT2D eigenvalue weighted by Gasteiger charge is 2.36. The maximum Gasteiger partial charge on any atom is 0.391 e. The summed E-state index contributed by atoms with van der Waals surface area (Å²) < 4.78 is 42.3. The van der Waals surface area contributed by atoms with Crippen LogP contribution in [-0.4, -0.2) is 35.3 Å². The van der Waals surface area contributed by atoms with Gasteiger partial charge in [0.25, 0.3) is 5.91 Å². The fourth-order valence-electron chi connectivity index (χ4n) is 1.69. The van der Waals surface area contributed by atoms with Gasteiger partial charge in [0, 0.05) is 5.56 Å². The number of hydrogen-bond donors (Lipinski definition) is 2. The molecule has 0 radical (unpaired) electrons. The molecule has 0 spiro atoms. The lowest BCUT2D eigenvalue weighted by Crippen LogP contribution is -2.43. The smallest absolute Gasteiger partial charge is 0.391 e. The number of alkyl halides is 3. The average molecular weight is 333 g/mol. The molecule has 8 heteroatoms. The molecule has 0 heterocycles. The Morgan fingerprint density at radius 3 is 2.22 bits per heavy atom. The zero-order valence-corrected chi connectivity index (χ0v) is 12.7. The van der Waals surface area contributed by atoms with Crippen LogP contribution < -0.4 is 5.32 Å². The predicted octanol–water partition coefficient (Wildman–Crippen LogP) is 2.75. The van der Waals surface area contributed by atoms with Crippen LogP contribution in [0, 0.1) is 0 Å². The lowest BCUT2D eigenvalue weighted by Gasteiger charge is -2.16. The van der Waals surface area contributed by atoms with Crippen molar-refractivity contribution in [1.82, 2.24) is 5.32 Å². The van der Waals surface area contributed by atoms with Crippen LogP contribution in [0.15, 0.2) is 24.3 Å². The van der Waals surface area contributed by atoms with Crippen LogP contribution in [0.2, 0.25) is 0 Å². The summed E-state index contributed by atoms with van der Waals surface area (Å²) in [5, 5.41) is 10.6. The summed E-state index contributed by atoms with van der Waals surface area (Å²) in [7, 11) is 0. The molecule has 23 heavy (non-hydrogen) atoms. The van der Waals surface area contributed by atoms with Gasteiger partial charge in [-0.3, -0.25) is 4.79 Å². The van der Waals surface area contributed by atoms with Gasteiger partial charge in [-0.1, -0.05) is 12.1 Å². The third-order valence-corrected chi connectivity index (χ3v) is 2.84. The molecule has 128 valence electrons. The van der Waals surface area contributed by atoms with Crippen molar-refractivity contribution in [1.29, 1.82) is 0 Å². The predicted molar refractivity (Wildman–Crippen MR) is 75.9 cm³/mol. The van der Waals surface area contributed by atoms with Gasteiger partial charge >= 0.3 is 12.1 Å². The first kappa shape index (κ1) is 19.0. The molecule has 1 aromatic carbocycles. The van der Waals surface area contributed by atoms with Gasteiger partial charge in [-0.15, -0.1) is 0 Å². The first-order chi connectivity index (χ1) is 10.6. The largest absolute Gasteiger partial charge is 0.480 e. The standard InChI is InChI=1S/C15H18F3NO4/c1-9(2)23-8-10-3-5-11(6-4-10)13(20)19-12(14(21)22)7-15(16,17)18/h3-6,9,12H,7-8H2,1-2H3,(H,19,20)(H,21,22). The number of halogens is 3. The minimum absolute atomic E-state index is 0.0386. The van der Waals surface area contributed by atoms with Crippen LogP contribution in [0.25, 0.3) is 0 Å². The molecule has 0 aliphatic carbocycles. The van der Waals surface area contributed by atoms with Crippen molar-refractivity contribution in [3.8, 4) is 0 Å². The molecular weight excluding hydrogens is 315 g/mol. The van der Waals surface area contributed by atoms with Crippen molar-refractivity contribution < 1.29 is 32.6 Å². The molecule has 1 amide bonds. The maximum atomic E-state index is 12.3. The van der Waals surface area contributed by atoms with Crippen molar-refractivity contribution in [3.05, 3.63) is 35.4 Å². The molecule has 5 nitrogen and oxygen atoms in total. The third kappa shape index (κ3) is 7.14. The van der Waals surface area contributed by atoms with Crippen molar-refractivity contribution in [2.45, 2.75) is 45.2 Å². The number of hydrogen-bond acceptors (Lipinski definition) is 3. The first-order valence-electron chi connectivity index (χ1n) is 6.89. The topological polar surface area (TPSA) is 75.6 Å². The van der Waals surface area contributed by atoms with E-state index in [2.05, 4.69) is 0 Å². The van der Waals surface area contributed by atoms with E-state index in [0.717, 1.165) is 5.56 Å². The Morgan fingerprint density at radius 2 is 1.78 bits per heavy atom. The molecule has 1 aromatic rings. The molecule has 0 saturated heterocycles. The lowest BCUT2D eigenvalue weighted by molar-refractivity contribution is -0.157. The van der Waals surface area contributed by atoms with Gasteiger partial charge in [-0.2, -0.15) is 13.2 Å². The molecule has 0 aliphatic rings. The zero-order chi connectivity index (χ0) is 17.6. The monoisotopic (exact) mass is 333 g/mol. The highest BCUT2D eigenvalue weighted by Crippen LogP contribution is 2.22. The Kier molecular flexibility index (Phi) is 6.56. The quantitative estimate of drug-likeness (QED) is 0.804. The first-order valence-corrected chi connectivity index (χ1v) is 6.89. The van der Waals surface area contributed by atoms with E-state index in [1.807, 2.05) is 19.2 Å². The number of carboxylic acid groups (broad SMARTS) is 1. The molecule has 0 aromatic heterocycles. The van der Waals surface area contributed by atoms with Gasteiger partial charge < -0.3 is 15.2 Å². The number of aliphatic carboxylic acids is 1. The highest BCUT2D eigenvalue weighted by molar-refractivity contribution is 5.96. The Hall–Kier alpha value is -2.09. The Labute approximate surface area is 131 Å². The second kappa shape index (κ2) is 7.96. The fraction of sp³-hybridized carbons (Fsp3) is 0.467. The summed E-state index contributed by atoms with van der Waals surface area (Å²) in [6, 6.07) is 3.97. The minimum Gasteiger partial charge on any atom is -0.480 e. The van der Waals surface area contributed by atoms with Gasteiger partial charge in [0.05, 0.1) is 19.1 Å². The molecule has 0 saturated carbocycles. The van der Waals surface area contributed by atoms with Crippen molar-refractivity contribution in [2.24, 2.45) is 0 Å². The zero-order valence-electron chi connectivity index (χ0n) is 12.7. The molecule has 1 atom stereocenters. The molecular formula is C15H18F3NO4.